The van der Waals surface area contributed by atoms with Crippen LogP contribution < -0.4 is 4.57 Å². The molecular weight excluding hydrogens is 396 g/mol. The lowest BCUT2D eigenvalue weighted by molar-refractivity contribution is -0.642. The van der Waals surface area contributed by atoms with Crippen molar-refractivity contribution in [3.8, 4) is 0 Å². The number of hydrogen-bond donors (Lipinski definition) is 0. The number of ether oxygens (including phenoxy) is 1. The number of allylic oxidation sites excluding steroid dienone is 3. The highest BCUT2D eigenvalue weighted by Crippen LogP contribution is 2.43. The van der Waals surface area contributed by atoms with Gasteiger partial charge in [-0.2, -0.15) is 4.57 Å². The number of nitrogens with zero attached hydrogens (tertiary/aromatic N) is 2. The zero-order valence-electron chi connectivity index (χ0n) is 17.8. The first-order chi connectivity index (χ1) is 14.0. The molecule has 1 aliphatic carbocycles. The van der Waals surface area contributed by atoms with Crippen LogP contribution in [-0.2, 0) is 11.8 Å². The second-order valence-electron chi connectivity index (χ2n) is 7.52. The third-order valence-corrected chi connectivity index (χ3v) is 8.11. The van der Waals surface area contributed by atoms with Crippen molar-refractivity contribution in [1.29, 1.82) is 0 Å². The van der Waals surface area contributed by atoms with E-state index < -0.39 is 0 Å². The lowest BCUT2D eigenvalue weighted by Crippen LogP contribution is -2.33. The van der Waals surface area contributed by atoms with Gasteiger partial charge in [0.2, 0.25) is 5.52 Å². The van der Waals surface area contributed by atoms with E-state index in [1.54, 1.807) is 7.11 Å². The Morgan fingerprint density at radius 3 is 2.86 bits per heavy atom. The predicted octanol–water partition coefficient (Wildman–Crippen LogP) is 5.58. The summed E-state index contributed by atoms with van der Waals surface area (Å²) in [4.78, 5) is 2.50. The van der Waals surface area contributed by atoms with Crippen LogP contribution in [0.15, 0.2) is 58.9 Å². The van der Waals surface area contributed by atoms with E-state index in [0.29, 0.717) is 11.3 Å². The minimum Gasteiger partial charge on any atom is -0.497 e. The number of thiazole rings is 1. The normalized spacial score (nSPS) is 23.1. The number of aromatic nitrogens is 1. The van der Waals surface area contributed by atoms with Gasteiger partial charge in [0.25, 0.3) is 5.01 Å². The molecule has 0 amide bonds. The van der Waals surface area contributed by atoms with Crippen molar-refractivity contribution >= 4 is 39.4 Å². The molecule has 0 bridgehead atoms. The molecule has 1 fully saturated rings. The van der Waals surface area contributed by atoms with E-state index in [4.69, 9.17) is 4.74 Å². The number of likely N-dealkylation sites (N-methyl/N-ethyl adjacent to an activating group) is 1. The molecular formula is C24H29N2OS2+. The largest absolute Gasteiger partial charge is 0.497 e. The minimum atomic E-state index is 0.373. The van der Waals surface area contributed by atoms with Crippen molar-refractivity contribution < 1.29 is 9.30 Å². The van der Waals surface area contributed by atoms with Crippen LogP contribution in [0.2, 0.25) is 0 Å². The highest BCUT2D eigenvalue weighted by atomic mass is 32.2. The third kappa shape index (κ3) is 3.90. The van der Waals surface area contributed by atoms with Crippen molar-refractivity contribution in [1.82, 2.24) is 4.90 Å². The van der Waals surface area contributed by atoms with Gasteiger partial charge in [-0.15, -0.1) is 0 Å². The molecule has 5 heteroatoms. The van der Waals surface area contributed by atoms with Crippen LogP contribution in [0.1, 0.15) is 30.8 Å². The summed E-state index contributed by atoms with van der Waals surface area (Å²) in [7, 11) is 3.92. The first-order valence-electron chi connectivity index (χ1n) is 10.2. The summed E-state index contributed by atoms with van der Waals surface area (Å²) >= 11 is 3.82. The van der Waals surface area contributed by atoms with Gasteiger partial charge in [0.05, 0.1) is 23.4 Å². The Hall–Kier alpha value is -1.98. The zero-order valence-corrected chi connectivity index (χ0v) is 19.4. The van der Waals surface area contributed by atoms with Crippen LogP contribution in [0.3, 0.4) is 0 Å². The van der Waals surface area contributed by atoms with E-state index in [2.05, 4.69) is 85.9 Å². The Labute approximate surface area is 182 Å². The molecule has 0 N–H and O–H groups in total. The summed E-state index contributed by atoms with van der Waals surface area (Å²) in [6.45, 7) is 7.63. The van der Waals surface area contributed by atoms with E-state index >= 15 is 0 Å². The maximum atomic E-state index is 5.47. The molecule has 152 valence electrons. The van der Waals surface area contributed by atoms with Gasteiger partial charge < -0.3 is 9.64 Å². The topological polar surface area (TPSA) is 16.4 Å². The van der Waals surface area contributed by atoms with Crippen LogP contribution in [0.25, 0.3) is 16.3 Å². The Morgan fingerprint density at radius 2 is 2.14 bits per heavy atom. The van der Waals surface area contributed by atoms with Crippen molar-refractivity contribution in [2.75, 3.05) is 13.7 Å². The van der Waals surface area contributed by atoms with Gasteiger partial charge in [0.1, 0.15) is 17.5 Å². The van der Waals surface area contributed by atoms with E-state index in [-0.39, 0.29) is 0 Å². The number of aryl methyl sites for hydroxylation is 2. The van der Waals surface area contributed by atoms with Crippen molar-refractivity contribution in [3.05, 3.63) is 69.4 Å². The molecule has 2 heterocycles. The van der Waals surface area contributed by atoms with Gasteiger partial charge in [-0.05, 0) is 55.7 Å². The lowest BCUT2D eigenvalue weighted by Gasteiger charge is -2.26. The highest BCUT2D eigenvalue weighted by Gasteiger charge is 2.36. The number of methoxy groups -OCH3 is 1. The van der Waals surface area contributed by atoms with Gasteiger partial charge in [0, 0.05) is 18.7 Å². The molecule has 1 aromatic heterocycles. The molecule has 2 unspecified atom stereocenters. The summed E-state index contributed by atoms with van der Waals surface area (Å²) in [5.41, 5.74) is 3.98. The second kappa shape index (κ2) is 8.41. The summed E-state index contributed by atoms with van der Waals surface area (Å²) in [6, 6.07) is 7.08. The Balaban J connectivity index is 1.68. The number of thioether (sulfide) groups is 1. The summed E-state index contributed by atoms with van der Waals surface area (Å²) in [6.07, 6.45) is 12.4. The standard InChI is InChI=1S/C24H29N2OS2/c1-6-17(13-23-25(4)19-12-16(3)8-10-21(19)28-23)14-24-26(7-2)20-15-18(27-5)9-11-22(20)29-24/h8-15,20,22H,6-7H2,1-5H3/q+1. The SMILES string of the molecule is CCC(=Cc1sc2ccc(C)cc2[n+]1C)C=C1SC2C=CC(OC)=CC2N1CC. The highest BCUT2D eigenvalue weighted by molar-refractivity contribution is 8.04. The quantitative estimate of drug-likeness (QED) is 0.582. The van der Waals surface area contributed by atoms with E-state index in [1.807, 2.05) is 23.1 Å². The fraction of sp³-hybridized carbons (Fsp3) is 0.375. The van der Waals surface area contributed by atoms with E-state index in [1.165, 1.54) is 31.4 Å². The van der Waals surface area contributed by atoms with Crippen molar-refractivity contribution in [2.45, 2.75) is 38.5 Å². The number of benzene rings is 1. The number of rotatable bonds is 5. The molecule has 2 atom stereocenters. The maximum absolute atomic E-state index is 5.47. The van der Waals surface area contributed by atoms with Crippen LogP contribution >= 0.6 is 23.1 Å². The van der Waals surface area contributed by atoms with E-state index in [9.17, 15) is 0 Å². The molecule has 3 nitrogen and oxygen atoms in total. The molecule has 1 saturated heterocycles. The molecule has 1 aromatic carbocycles. The van der Waals surface area contributed by atoms with Crippen LogP contribution in [-0.4, -0.2) is 29.8 Å². The lowest BCUT2D eigenvalue weighted by atomic mass is 10.1. The molecule has 2 aromatic rings. The van der Waals surface area contributed by atoms with Crippen molar-refractivity contribution in [3.63, 3.8) is 0 Å². The first kappa shape index (κ1) is 20.3. The van der Waals surface area contributed by atoms with Gasteiger partial charge in [-0.1, -0.05) is 42.2 Å². The monoisotopic (exact) mass is 425 g/mol. The van der Waals surface area contributed by atoms with Gasteiger partial charge >= 0.3 is 0 Å². The first-order valence-corrected chi connectivity index (χ1v) is 11.9. The molecule has 29 heavy (non-hydrogen) atoms. The van der Waals surface area contributed by atoms with Gasteiger partial charge in [0.15, 0.2) is 0 Å². The zero-order chi connectivity index (χ0) is 20.5. The van der Waals surface area contributed by atoms with Gasteiger partial charge in [-0.3, -0.25) is 0 Å². The fourth-order valence-corrected chi connectivity index (χ4v) is 6.45. The fourth-order valence-electron chi connectivity index (χ4n) is 3.94. The maximum Gasteiger partial charge on any atom is 0.262 e. The Bertz CT molecular complexity index is 1040. The minimum absolute atomic E-state index is 0.373. The Kier molecular flexibility index (Phi) is 5.88. The van der Waals surface area contributed by atoms with Crippen molar-refractivity contribution in [2.24, 2.45) is 7.05 Å². The average molecular weight is 426 g/mol. The van der Waals surface area contributed by atoms with E-state index in [0.717, 1.165) is 18.7 Å². The Morgan fingerprint density at radius 1 is 1.31 bits per heavy atom. The smallest absolute Gasteiger partial charge is 0.262 e. The summed E-state index contributed by atoms with van der Waals surface area (Å²) < 4.78 is 9.12. The summed E-state index contributed by atoms with van der Waals surface area (Å²) in [5, 5.41) is 3.11. The van der Waals surface area contributed by atoms with Gasteiger partial charge in [-0.25, -0.2) is 0 Å². The summed E-state index contributed by atoms with van der Waals surface area (Å²) in [5.74, 6) is 0.963. The molecule has 0 radical (unpaired) electrons. The average Bonchev–Trinajstić information content (AvgIpc) is 3.23. The molecule has 2 aliphatic rings. The predicted molar refractivity (Wildman–Crippen MR) is 126 cm³/mol. The molecule has 1 aliphatic heterocycles. The molecule has 0 spiro atoms. The van der Waals surface area contributed by atoms with Crippen LogP contribution in [0.5, 0.6) is 0 Å². The number of fused-ring (bicyclic) bond motifs is 2. The molecule has 4 rings (SSSR count). The second-order valence-corrected chi connectivity index (χ2v) is 9.78. The third-order valence-electron chi connectivity index (χ3n) is 5.64. The number of hydrogen-bond acceptors (Lipinski definition) is 4. The molecule has 0 saturated carbocycles. The van der Waals surface area contributed by atoms with Crippen LogP contribution in [0, 0.1) is 6.92 Å². The van der Waals surface area contributed by atoms with Crippen LogP contribution in [0.4, 0.5) is 0 Å².